The maximum atomic E-state index is 8.82. The van der Waals surface area contributed by atoms with Gasteiger partial charge in [0.25, 0.3) is 0 Å². The Labute approximate surface area is 102 Å². The van der Waals surface area contributed by atoms with Crippen LogP contribution in [0.15, 0.2) is 29.4 Å². The lowest BCUT2D eigenvalue weighted by molar-refractivity contribution is 0.251. The van der Waals surface area contributed by atoms with E-state index in [4.69, 9.17) is 9.94 Å². The van der Waals surface area contributed by atoms with Crippen molar-refractivity contribution in [2.24, 2.45) is 11.1 Å². The van der Waals surface area contributed by atoms with Crippen LogP contribution in [-0.2, 0) is 0 Å². The molecule has 1 aromatic rings. The number of benzene rings is 1. The van der Waals surface area contributed by atoms with Crippen molar-refractivity contribution in [1.29, 1.82) is 0 Å². The average molecular weight is 233 g/mol. The second kappa shape index (κ2) is 5.71. The molecule has 0 unspecified atom stereocenters. The van der Waals surface area contributed by atoms with Crippen molar-refractivity contribution >= 4 is 5.71 Å². The van der Waals surface area contributed by atoms with E-state index in [-0.39, 0.29) is 0 Å². The van der Waals surface area contributed by atoms with Crippen LogP contribution in [0.2, 0.25) is 0 Å². The first-order chi connectivity index (χ1) is 8.31. The summed E-state index contributed by atoms with van der Waals surface area (Å²) in [5.41, 5.74) is 1.46. The van der Waals surface area contributed by atoms with Crippen molar-refractivity contribution in [1.82, 2.24) is 0 Å². The first-order valence-corrected chi connectivity index (χ1v) is 6.22. The van der Waals surface area contributed by atoms with Gasteiger partial charge in [0.2, 0.25) is 0 Å². The number of oxime groups is 1. The molecule has 0 bridgehead atoms. The Bertz CT molecular complexity index is 395. The Hall–Kier alpha value is -1.51. The lowest BCUT2D eigenvalue weighted by atomic mass is 10.1. The summed E-state index contributed by atoms with van der Waals surface area (Å²) in [5.74, 6) is 1.50. The Kier molecular flexibility index (Phi) is 4.02. The third kappa shape index (κ3) is 2.99. The summed E-state index contributed by atoms with van der Waals surface area (Å²) in [6, 6.07) is 7.71. The summed E-state index contributed by atoms with van der Waals surface area (Å²) < 4.78 is 5.85. The van der Waals surface area contributed by atoms with Crippen LogP contribution in [0.25, 0.3) is 0 Å². The fourth-order valence-electron chi connectivity index (χ4n) is 2.33. The van der Waals surface area contributed by atoms with Gasteiger partial charge in [0.15, 0.2) is 0 Å². The Morgan fingerprint density at radius 1 is 1.35 bits per heavy atom. The molecule has 1 aromatic carbocycles. The topological polar surface area (TPSA) is 41.8 Å². The maximum absolute atomic E-state index is 8.82. The standard InChI is InChI=1S/C14H19NO2/c1-11(15-16)13-8-4-5-9-14(13)17-10-12-6-2-3-7-12/h4-5,8-9,12,16H,2-3,6-7,10H2,1H3. The fraction of sp³-hybridized carbons (Fsp3) is 0.500. The van der Waals surface area contributed by atoms with Crippen molar-refractivity contribution in [2.45, 2.75) is 32.6 Å². The molecule has 0 spiro atoms. The molecular weight excluding hydrogens is 214 g/mol. The van der Waals surface area contributed by atoms with Crippen LogP contribution < -0.4 is 4.74 Å². The van der Waals surface area contributed by atoms with Crippen molar-refractivity contribution in [3.8, 4) is 5.75 Å². The monoisotopic (exact) mass is 233 g/mol. The van der Waals surface area contributed by atoms with Gasteiger partial charge in [0, 0.05) is 5.56 Å². The molecule has 0 atom stereocenters. The van der Waals surface area contributed by atoms with Crippen LogP contribution in [0.4, 0.5) is 0 Å². The molecule has 0 saturated heterocycles. The van der Waals surface area contributed by atoms with Gasteiger partial charge in [0.05, 0.1) is 12.3 Å². The molecule has 1 N–H and O–H groups in total. The highest BCUT2D eigenvalue weighted by molar-refractivity contribution is 6.00. The number of para-hydroxylation sites is 1. The van der Waals surface area contributed by atoms with Crippen molar-refractivity contribution in [3.05, 3.63) is 29.8 Å². The maximum Gasteiger partial charge on any atom is 0.128 e. The SMILES string of the molecule is CC(=NO)c1ccccc1OCC1CCCC1. The summed E-state index contributed by atoms with van der Waals surface area (Å²) in [7, 11) is 0. The molecule has 0 aliphatic heterocycles. The minimum atomic E-state index is 0.590. The zero-order chi connectivity index (χ0) is 12.1. The van der Waals surface area contributed by atoms with Gasteiger partial charge < -0.3 is 9.94 Å². The molecule has 1 saturated carbocycles. The molecule has 3 heteroatoms. The van der Waals surface area contributed by atoms with Gasteiger partial charge in [-0.15, -0.1) is 0 Å². The average Bonchev–Trinajstić information content (AvgIpc) is 2.89. The predicted molar refractivity (Wildman–Crippen MR) is 67.9 cm³/mol. The van der Waals surface area contributed by atoms with Crippen LogP contribution in [0, 0.1) is 5.92 Å². The summed E-state index contributed by atoms with van der Waals surface area (Å²) in [4.78, 5) is 0. The van der Waals surface area contributed by atoms with Crippen LogP contribution in [-0.4, -0.2) is 17.5 Å². The molecule has 92 valence electrons. The molecule has 1 fully saturated rings. The first kappa shape index (κ1) is 12.0. The van der Waals surface area contributed by atoms with E-state index in [2.05, 4.69) is 5.16 Å². The highest BCUT2D eigenvalue weighted by Crippen LogP contribution is 2.26. The first-order valence-electron chi connectivity index (χ1n) is 6.22. The van der Waals surface area contributed by atoms with Gasteiger partial charge in [-0.25, -0.2) is 0 Å². The van der Waals surface area contributed by atoms with Gasteiger partial charge in [-0.1, -0.05) is 30.1 Å². The Morgan fingerprint density at radius 3 is 2.76 bits per heavy atom. The van der Waals surface area contributed by atoms with Crippen molar-refractivity contribution in [3.63, 3.8) is 0 Å². The minimum Gasteiger partial charge on any atom is -0.493 e. The smallest absolute Gasteiger partial charge is 0.128 e. The second-order valence-corrected chi connectivity index (χ2v) is 4.64. The summed E-state index contributed by atoms with van der Waals surface area (Å²) in [5, 5.41) is 12.1. The zero-order valence-electron chi connectivity index (χ0n) is 10.2. The highest BCUT2D eigenvalue weighted by atomic mass is 16.5. The van der Waals surface area contributed by atoms with Crippen LogP contribution >= 0.6 is 0 Å². The van der Waals surface area contributed by atoms with Crippen LogP contribution in [0.1, 0.15) is 38.2 Å². The van der Waals surface area contributed by atoms with Gasteiger partial charge in [-0.2, -0.15) is 0 Å². The molecular formula is C14H19NO2. The van der Waals surface area contributed by atoms with Crippen molar-refractivity contribution in [2.75, 3.05) is 6.61 Å². The lowest BCUT2D eigenvalue weighted by Gasteiger charge is -2.14. The molecule has 1 aliphatic carbocycles. The molecule has 1 aliphatic rings. The van der Waals surface area contributed by atoms with E-state index in [0.717, 1.165) is 17.9 Å². The van der Waals surface area contributed by atoms with Gasteiger partial charge in [-0.05, 0) is 37.8 Å². The second-order valence-electron chi connectivity index (χ2n) is 4.64. The zero-order valence-corrected chi connectivity index (χ0v) is 10.2. The molecule has 3 nitrogen and oxygen atoms in total. The number of ether oxygens (including phenoxy) is 1. The summed E-state index contributed by atoms with van der Waals surface area (Å²) in [6.45, 7) is 2.55. The van der Waals surface area contributed by atoms with E-state index in [1.807, 2.05) is 24.3 Å². The largest absolute Gasteiger partial charge is 0.493 e. The van der Waals surface area contributed by atoms with Gasteiger partial charge >= 0.3 is 0 Å². The molecule has 0 heterocycles. The molecule has 0 amide bonds. The molecule has 17 heavy (non-hydrogen) atoms. The van der Waals surface area contributed by atoms with E-state index in [9.17, 15) is 0 Å². The van der Waals surface area contributed by atoms with Crippen LogP contribution in [0.3, 0.4) is 0 Å². The highest BCUT2D eigenvalue weighted by Gasteiger charge is 2.16. The van der Waals surface area contributed by atoms with E-state index in [1.165, 1.54) is 25.7 Å². The van der Waals surface area contributed by atoms with Gasteiger partial charge in [-0.3, -0.25) is 0 Å². The predicted octanol–water partition coefficient (Wildman–Crippen LogP) is 3.45. The van der Waals surface area contributed by atoms with E-state index < -0.39 is 0 Å². The van der Waals surface area contributed by atoms with E-state index in [1.54, 1.807) is 6.92 Å². The Balaban J connectivity index is 2.04. The summed E-state index contributed by atoms with van der Waals surface area (Å²) >= 11 is 0. The number of hydrogen-bond donors (Lipinski definition) is 1. The van der Waals surface area contributed by atoms with Gasteiger partial charge in [0.1, 0.15) is 5.75 Å². The lowest BCUT2D eigenvalue weighted by Crippen LogP contribution is -2.10. The normalized spacial score (nSPS) is 17.4. The third-order valence-electron chi connectivity index (χ3n) is 3.38. The Morgan fingerprint density at radius 2 is 2.06 bits per heavy atom. The molecule has 0 radical (unpaired) electrons. The number of hydrogen-bond acceptors (Lipinski definition) is 3. The fourth-order valence-corrected chi connectivity index (χ4v) is 2.33. The molecule has 2 rings (SSSR count). The summed E-state index contributed by atoms with van der Waals surface area (Å²) in [6.07, 6.45) is 5.20. The minimum absolute atomic E-state index is 0.590. The third-order valence-corrected chi connectivity index (χ3v) is 3.38. The van der Waals surface area contributed by atoms with E-state index >= 15 is 0 Å². The van der Waals surface area contributed by atoms with Crippen molar-refractivity contribution < 1.29 is 9.94 Å². The number of nitrogens with zero attached hydrogens (tertiary/aromatic N) is 1. The number of rotatable bonds is 4. The molecule has 0 aromatic heterocycles. The van der Waals surface area contributed by atoms with Crippen LogP contribution in [0.5, 0.6) is 5.75 Å². The van der Waals surface area contributed by atoms with E-state index in [0.29, 0.717) is 11.6 Å². The quantitative estimate of drug-likeness (QED) is 0.491.